The van der Waals surface area contributed by atoms with Crippen LogP contribution in [-0.4, -0.2) is 36.8 Å². The van der Waals surface area contributed by atoms with Crippen LogP contribution < -0.4 is 9.64 Å². The van der Waals surface area contributed by atoms with E-state index in [0.29, 0.717) is 10.2 Å². The smallest absolute Gasteiger partial charge is 0.269 e. The van der Waals surface area contributed by atoms with Crippen LogP contribution in [0.5, 0.6) is 5.75 Å². The normalized spacial score (nSPS) is 13.0. The molecule has 168 valence electrons. The van der Waals surface area contributed by atoms with Gasteiger partial charge >= 0.3 is 0 Å². The van der Waals surface area contributed by atoms with E-state index in [1.165, 1.54) is 68.4 Å². The van der Waals surface area contributed by atoms with Crippen molar-refractivity contribution in [2.24, 2.45) is 0 Å². The summed E-state index contributed by atoms with van der Waals surface area (Å²) < 4.78 is 5.88. The Kier molecular flexibility index (Phi) is 9.63. The minimum atomic E-state index is 0.497. The Morgan fingerprint density at radius 3 is 2.52 bits per heavy atom. The Bertz CT molecular complexity index is 840. The Balaban J connectivity index is 1.42. The number of thiocarbonyl (C=S) groups is 1. The molecule has 2 aromatic rings. The molecule has 0 saturated carbocycles. The molecule has 1 aliphatic rings. The molecule has 2 aromatic carbocycles. The van der Waals surface area contributed by atoms with Crippen molar-refractivity contribution in [3.8, 4) is 5.75 Å². The van der Waals surface area contributed by atoms with Gasteiger partial charge < -0.3 is 14.5 Å². The van der Waals surface area contributed by atoms with Gasteiger partial charge in [0.1, 0.15) is 5.75 Å². The topological polar surface area (TPSA) is 15.7 Å². The van der Waals surface area contributed by atoms with Gasteiger partial charge in [-0.25, -0.2) is 0 Å². The summed E-state index contributed by atoms with van der Waals surface area (Å²) in [6.07, 6.45) is 9.97. The van der Waals surface area contributed by atoms with Crippen LogP contribution in [-0.2, 0) is 12.8 Å². The number of nitrogens with zero attached hydrogens (tertiary/aromatic N) is 2. The lowest BCUT2D eigenvalue weighted by Gasteiger charge is -2.20. The third-order valence-electron chi connectivity index (χ3n) is 5.93. The van der Waals surface area contributed by atoms with Crippen molar-refractivity contribution in [2.75, 3.05) is 31.6 Å². The number of hydrogen-bond donors (Lipinski definition) is 0. The maximum atomic E-state index is 5.95. The standard InChI is InChI=1S/C26H35ClN2OS/c1-3-4-7-17-28(2)18-8-5-6-9-21-10-15-25-22(20-21)16-19-29(25)26(31)30-24-13-11-23(27)12-14-24/h10-15,20H,3-9,16-19H2,1-2H3. The molecule has 0 fully saturated rings. The van der Waals surface area contributed by atoms with Crippen LogP contribution in [0.1, 0.15) is 56.6 Å². The molecule has 0 aromatic heterocycles. The molecular formula is C26H35ClN2OS. The second-order valence-electron chi connectivity index (χ2n) is 8.51. The molecule has 0 aliphatic carbocycles. The first-order valence-electron chi connectivity index (χ1n) is 11.6. The molecule has 0 bridgehead atoms. The largest absolute Gasteiger partial charge is 0.432 e. The number of fused-ring (bicyclic) bond motifs is 1. The summed E-state index contributed by atoms with van der Waals surface area (Å²) in [5.74, 6) is 0.718. The molecule has 3 rings (SSSR count). The van der Waals surface area contributed by atoms with Crippen molar-refractivity contribution in [1.82, 2.24) is 4.90 Å². The van der Waals surface area contributed by atoms with E-state index in [2.05, 4.69) is 42.0 Å². The van der Waals surface area contributed by atoms with Crippen LogP contribution in [0.25, 0.3) is 0 Å². The number of unbranched alkanes of at least 4 members (excludes halogenated alkanes) is 4. The van der Waals surface area contributed by atoms with E-state index in [1.54, 1.807) is 0 Å². The summed E-state index contributed by atoms with van der Waals surface area (Å²) in [5, 5.41) is 1.19. The Hall–Kier alpha value is -1.62. The van der Waals surface area contributed by atoms with E-state index < -0.39 is 0 Å². The highest BCUT2D eigenvalue weighted by atomic mass is 35.5. The maximum absolute atomic E-state index is 5.95. The lowest BCUT2D eigenvalue weighted by atomic mass is 10.0. The SMILES string of the molecule is CCCCCN(C)CCCCCc1ccc2c(c1)CCN2C(=S)Oc1ccc(Cl)cc1. The highest BCUT2D eigenvalue weighted by Gasteiger charge is 2.23. The van der Waals surface area contributed by atoms with Crippen LogP contribution in [0.3, 0.4) is 0 Å². The van der Waals surface area contributed by atoms with Gasteiger partial charge in [-0.3, -0.25) is 0 Å². The van der Waals surface area contributed by atoms with E-state index in [-0.39, 0.29) is 0 Å². The first kappa shape index (κ1) is 24.0. The molecule has 5 heteroatoms. The summed E-state index contributed by atoms with van der Waals surface area (Å²) >= 11 is 11.5. The van der Waals surface area contributed by atoms with Gasteiger partial charge in [-0.05, 0) is 106 Å². The average molecular weight is 459 g/mol. The number of rotatable bonds is 11. The second-order valence-corrected chi connectivity index (χ2v) is 9.29. The van der Waals surface area contributed by atoms with Gasteiger partial charge in [0.05, 0.1) is 0 Å². The number of hydrogen-bond acceptors (Lipinski definition) is 3. The lowest BCUT2D eigenvalue weighted by molar-refractivity contribution is 0.316. The molecular weight excluding hydrogens is 424 g/mol. The highest BCUT2D eigenvalue weighted by molar-refractivity contribution is 7.80. The molecule has 0 atom stereocenters. The van der Waals surface area contributed by atoms with E-state index in [1.807, 2.05) is 24.3 Å². The summed E-state index contributed by atoms with van der Waals surface area (Å²) in [4.78, 5) is 4.58. The van der Waals surface area contributed by atoms with Crippen molar-refractivity contribution >= 4 is 34.7 Å². The fraction of sp³-hybridized carbons (Fsp3) is 0.500. The Morgan fingerprint density at radius 1 is 1.03 bits per heavy atom. The van der Waals surface area contributed by atoms with E-state index in [0.717, 1.165) is 25.1 Å². The third-order valence-corrected chi connectivity index (χ3v) is 6.48. The summed E-state index contributed by atoms with van der Waals surface area (Å²) in [7, 11) is 2.25. The lowest BCUT2D eigenvalue weighted by Crippen LogP contribution is -2.31. The molecule has 0 radical (unpaired) electrons. The molecule has 0 saturated heterocycles. The maximum Gasteiger partial charge on any atom is 0.269 e. The van der Waals surface area contributed by atoms with Gasteiger partial charge in [0.2, 0.25) is 0 Å². The van der Waals surface area contributed by atoms with Crippen molar-refractivity contribution < 1.29 is 4.74 Å². The molecule has 0 unspecified atom stereocenters. The van der Waals surface area contributed by atoms with Crippen LogP contribution >= 0.6 is 23.8 Å². The summed E-state index contributed by atoms with van der Waals surface area (Å²) in [6, 6.07) is 14.1. The van der Waals surface area contributed by atoms with Gasteiger partial charge in [-0.1, -0.05) is 49.9 Å². The first-order valence-corrected chi connectivity index (χ1v) is 12.4. The van der Waals surface area contributed by atoms with Crippen LogP contribution in [0.4, 0.5) is 5.69 Å². The van der Waals surface area contributed by atoms with Gasteiger partial charge in [0, 0.05) is 17.3 Å². The number of halogens is 1. The molecule has 1 aliphatic heterocycles. The molecule has 1 heterocycles. The van der Waals surface area contributed by atoms with Crippen molar-refractivity contribution in [3.63, 3.8) is 0 Å². The minimum Gasteiger partial charge on any atom is -0.432 e. The van der Waals surface area contributed by atoms with Crippen molar-refractivity contribution in [3.05, 3.63) is 58.6 Å². The van der Waals surface area contributed by atoms with Gasteiger partial charge in [0.25, 0.3) is 5.17 Å². The van der Waals surface area contributed by atoms with E-state index in [9.17, 15) is 0 Å². The average Bonchev–Trinajstić information content (AvgIpc) is 3.19. The predicted molar refractivity (Wildman–Crippen MR) is 137 cm³/mol. The van der Waals surface area contributed by atoms with Gasteiger partial charge in [-0.2, -0.15) is 0 Å². The van der Waals surface area contributed by atoms with E-state index >= 15 is 0 Å². The van der Waals surface area contributed by atoms with Crippen LogP contribution in [0.15, 0.2) is 42.5 Å². The minimum absolute atomic E-state index is 0.497. The molecule has 0 N–H and O–H groups in total. The fourth-order valence-corrected chi connectivity index (χ4v) is 4.50. The number of aryl methyl sites for hydroxylation is 1. The molecule has 3 nitrogen and oxygen atoms in total. The zero-order valence-corrected chi connectivity index (χ0v) is 20.5. The van der Waals surface area contributed by atoms with Gasteiger partial charge in [-0.15, -0.1) is 0 Å². The quantitative estimate of drug-likeness (QED) is 0.268. The van der Waals surface area contributed by atoms with Gasteiger partial charge in [0.15, 0.2) is 0 Å². The summed E-state index contributed by atoms with van der Waals surface area (Å²) in [5.41, 5.74) is 3.98. The molecule has 0 spiro atoms. The third kappa shape index (κ3) is 7.48. The van der Waals surface area contributed by atoms with Crippen molar-refractivity contribution in [1.29, 1.82) is 0 Å². The zero-order valence-electron chi connectivity index (χ0n) is 18.9. The first-order chi connectivity index (χ1) is 15.1. The summed E-state index contributed by atoms with van der Waals surface area (Å²) in [6.45, 7) is 5.59. The Morgan fingerprint density at radius 2 is 1.77 bits per heavy atom. The van der Waals surface area contributed by atoms with Crippen molar-refractivity contribution in [2.45, 2.75) is 58.3 Å². The van der Waals surface area contributed by atoms with Crippen LogP contribution in [0, 0.1) is 0 Å². The highest BCUT2D eigenvalue weighted by Crippen LogP contribution is 2.30. The predicted octanol–water partition coefficient (Wildman–Crippen LogP) is 6.90. The fourth-order valence-electron chi connectivity index (χ4n) is 4.09. The molecule has 0 amide bonds. The Labute approximate surface area is 198 Å². The number of anilines is 1. The van der Waals surface area contributed by atoms with Crippen LogP contribution in [0.2, 0.25) is 5.02 Å². The number of benzene rings is 2. The molecule has 31 heavy (non-hydrogen) atoms. The monoisotopic (exact) mass is 458 g/mol. The zero-order chi connectivity index (χ0) is 22.1. The van der Waals surface area contributed by atoms with E-state index in [4.69, 9.17) is 28.6 Å². The number of ether oxygens (including phenoxy) is 1. The second kappa shape index (κ2) is 12.4.